The Hall–Kier alpha value is -3.13. The van der Waals surface area contributed by atoms with Crippen LogP contribution in [-0.2, 0) is 9.53 Å². The van der Waals surface area contributed by atoms with Gasteiger partial charge in [0.1, 0.15) is 0 Å². The summed E-state index contributed by atoms with van der Waals surface area (Å²) in [6.07, 6.45) is 2.56. The number of nitrogens with one attached hydrogen (secondary N) is 1. The van der Waals surface area contributed by atoms with E-state index in [0.717, 1.165) is 12.8 Å². The van der Waals surface area contributed by atoms with Crippen LogP contribution in [0, 0.1) is 0 Å². The molecule has 0 radical (unpaired) electrons. The summed E-state index contributed by atoms with van der Waals surface area (Å²) in [4.78, 5) is 42.5. The predicted octanol–water partition coefficient (Wildman–Crippen LogP) is 2.93. The molecule has 30 heavy (non-hydrogen) atoms. The smallest absolute Gasteiger partial charge is 0.337 e. The molecule has 1 amide bonds. The molecule has 3 aromatic rings. The molecular weight excluding hydrogens is 402 g/mol. The van der Waals surface area contributed by atoms with Crippen molar-refractivity contribution in [2.45, 2.75) is 29.7 Å². The molecular formula is C22H21N3O4S. The molecule has 1 aliphatic rings. The van der Waals surface area contributed by atoms with Crippen LogP contribution in [0.2, 0.25) is 0 Å². The van der Waals surface area contributed by atoms with Gasteiger partial charge in [0, 0.05) is 6.54 Å². The van der Waals surface area contributed by atoms with E-state index in [2.05, 4.69) is 10.3 Å². The van der Waals surface area contributed by atoms with E-state index in [1.165, 1.54) is 23.4 Å². The third kappa shape index (κ3) is 3.95. The highest BCUT2D eigenvalue weighted by Gasteiger charge is 2.25. The fourth-order valence-electron chi connectivity index (χ4n) is 3.44. The standard InChI is InChI=1S/C22H21N3O4S/c1-29-21(28)14-10-11-16-17(13-14)24-22(30-18-9-5-6-12-23-19(18)26)25(20(16)27)15-7-3-2-4-8-15/h2-4,7-8,10-11,13,18H,5-6,9,12H2,1H3,(H,23,26)/t18-/m0/s1. The van der Waals surface area contributed by atoms with E-state index in [4.69, 9.17) is 4.74 Å². The highest BCUT2D eigenvalue weighted by molar-refractivity contribution is 8.00. The summed E-state index contributed by atoms with van der Waals surface area (Å²) in [7, 11) is 1.30. The van der Waals surface area contributed by atoms with E-state index >= 15 is 0 Å². The van der Waals surface area contributed by atoms with Gasteiger partial charge in [0.25, 0.3) is 5.56 Å². The Morgan fingerprint density at radius 1 is 1.17 bits per heavy atom. The van der Waals surface area contributed by atoms with Gasteiger partial charge in [0.05, 0.1) is 34.5 Å². The van der Waals surface area contributed by atoms with Crippen LogP contribution in [0.3, 0.4) is 0 Å². The zero-order valence-corrected chi connectivity index (χ0v) is 17.3. The number of ether oxygens (including phenoxy) is 1. The van der Waals surface area contributed by atoms with E-state index in [1.807, 2.05) is 30.3 Å². The van der Waals surface area contributed by atoms with E-state index in [-0.39, 0.29) is 16.7 Å². The molecule has 1 atom stereocenters. The Morgan fingerprint density at radius 2 is 1.97 bits per heavy atom. The second-order valence-corrected chi connectivity index (χ2v) is 8.16. The molecule has 1 saturated heterocycles. The summed E-state index contributed by atoms with van der Waals surface area (Å²) in [5, 5.41) is 3.39. The van der Waals surface area contributed by atoms with Crippen LogP contribution >= 0.6 is 11.8 Å². The number of carbonyl (C=O) groups excluding carboxylic acids is 2. The van der Waals surface area contributed by atoms with Crippen LogP contribution in [0.4, 0.5) is 0 Å². The minimum absolute atomic E-state index is 0.0465. The lowest BCUT2D eigenvalue weighted by Crippen LogP contribution is -2.31. The van der Waals surface area contributed by atoms with Crippen molar-refractivity contribution in [3.8, 4) is 5.69 Å². The van der Waals surface area contributed by atoms with Crippen molar-refractivity contribution < 1.29 is 14.3 Å². The van der Waals surface area contributed by atoms with E-state index < -0.39 is 5.97 Å². The Kier molecular flexibility index (Phi) is 5.85. The number of amides is 1. The molecule has 0 spiro atoms. The first-order valence-corrected chi connectivity index (χ1v) is 10.6. The molecule has 7 nitrogen and oxygen atoms in total. The Balaban J connectivity index is 1.89. The van der Waals surface area contributed by atoms with Gasteiger partial charge < -0.3 is 10.1 Å². The third-order valence-electron chi connectivity index (χ3n) is 5.01. The number of thioether (sulfide) groups is 1. The van der Waals surface area contributed by atoms with Crippen LogP contribution in [0.25, 0.3) is 16.6 Å². The summed E-state index contributed by atoms with van der Waals surface area (Å²) < 4.78 is 6.31. The monoisotopic (exact) mass is 423 g/mol. The van der Waals surface area contributed by atoms with Crippen molar-refractivity contribution in [2.24, 2.45) is 0 Å². The van der Waals surface area contributed by atoms with Gasteiger partial charge in [-0.15, -0.1) is 0 Å². The molecule has 0 saturated carbocycles. The van der Waals surface area contributed by atoms with Gasteiger partial charge >= 0.3 is 5.97 Å². The number of nitrogens with zero attached hydrogens (tertiary/aromatic N) is 2. The lowest BCUT2D eigenvalue weighted by atomic mass is 10.1. The lowest BCUT2D eigenvalue weighted by Gasteiger charge is -2.17. The number of benzene rings is 2. The fraction of sp³-hybridized carbons (Fsp3) is 0.273. The second kappa shape index (κ2) is 8.71. The van der Waals surface area contributed by atoms with E-state index in [1.54, 1.807) is 18.2 Å². The number of hydrogen-bond acceptors (Lipinski definition) is 6. The minimum Gasteiger partial charge on any atom is -0.465 e. The summed E-state index contributed by atoms with van der Waals surface area (Å²) in [5.74, 6) is -0.543. The van der Waals surface area contributed by atoms with Crippen LogP contribution in [-0.4, -0.2) is 40.3 Å². The molecule has 0 unspecified atom stereocenters. The topological polar surface area (TPSA) is 90.3 Å². The SMILES string of the molecule is COC(=O)c1ccc2c(=O)n(-c3ccccc3)c(S[C@H]3CCCCNC3=O)nc2c1. The molecule has 0 aliphatic carbocycles. The molecule has 4 rings (SSSR count). The Labute approximate surface area is 177 Å². The lowest BCUT2D eigenvalue weighted by molar-refractivity contribution is -0.120. The molecule has 1 aromatic heterocycles. The number of fused-ring (bicyclic) bond motifs is 1. The maximum Gasteiger partial charge on any atom is 0.337 e. The molecule has 1 N–H and O–H groups in total. The van der Waals surface area contributed by atoms with Gasteiger partial charge in [0.2, 0.25) is 5.91 Å². The number of para-hydroxylation sites is 1. The normalized spacial score (nSPS) is 16.7. The fourth-order valence-corrected chi connectivity index (χ4v) is 4.62. The molecule has 1 aliphatic heterocycles. The highest BCUT2D eigenvalue weighted by Crippen LogP contribution is 2.29. The summed E-state index contributed by atoms with van der Waals surface area (Å²) in [6, 6.07) is 13.9. The quantitative estimate of drug-likeness (QED) is 0.513. The molecule has 154 valence electrons. The largest absolute Gasteiger partial charge is 0.465 e. The number of esters is 1. The van der Waals surface area contributed by atoms with E-state index in [0.29, 0.717) is 40.3 Å². The van der Waals surface area contributed by atoms with Crippen molar-refractivity contribution in [3.63, 3.8) is 0 Å². The maximum absolute atomic E-state index is 13.4. The van der Waals surface area contributed by atoms with Crippen LogP contribution in [0.5, 0.6) is 0 Å². The zero-order chi connectivity index (χ0) is 21.1. The van der Waals surface area contributed by atoms with E-state index in [9.17, 15) is 14.4 Å². The van der Waals surface area contributed by atoms with Crippen molar-refractivity contribution in [3.05, 3.63) is 64.4 Å². The molecule has 1 fully saturated rings. The number of rotatable bonds is 4. The summed E-state index contributed by atoms with van der Waals surface area (Å²) in [5.41, 5.74) is 1.13. The van der Waals surface area contributed by atoms with Gasteiger partial charge in [0.15, 0.2) is 5.16 Å². The zero-order valence-electron chi connectivity index (χ0n) is 16.5. The average molecular weight is 423 g/mol. The van der Waals surface area contributed by atoms with Crippen LogP contribution in [0.15, 0.2) is 58.5 Å². The number of aromatic nitrogens is 2. The van der Waals surface area contributed by atoms with Gasteiger partial charge in [-0.3, -0.25) is 14.2 Å². The second-order valence-electron chi connectivity index (χ2n) is 6.99. The van der Waals surface area contributed by atoms with Gasteiger partial charge in [-0.25, -0.2) is 9.78 Å². The first-order valence-electron chi connectivity index (χ1n) is 9.73. The van der Waals surface area contributed by atoms with Crippen molar-refractivity contribution in [1.29, 1.82) is 0 Å². The summed E-state index contributed by atoms with van der Waals surface area (Å²) in [6.45, 7) is 0.662. The van der Waals surface area contributed by atoms with Gasteiger partial charge in [-0.05, 0) is 43.2 Å². The van der Waals surface area contributed by atoms with Crippen molar-refractivity contribution in [2.75, 3.05) is 13.7 Å². The molecule has 2 heterocycles. The molecule has 8 heteroatoms. The minimum atomic E-state index is -0.497. The maximum atomic E-state index is 13.4. The van der Waals surface area contributed by atoms with Crippen molar-refractivity contribution in [1.82, 2.24) is 14.9 Å². The number of hydrogen-bond donors (Lipinski definition) is 1. The Morgan fingerprint density at radius 3 is 2.73 bits per heavy atom. The first kappa shape index (κ1) is 20.2. The Bertz CT molecular complexity index is 1160. The third-order valence-corrected chi connectivity index (χ3v) is 6.23. The molecule has 0 bridgehead atoms. The molecule has 2 aromatic carbocycles. The van der Waals surface area contributed by atoms with Gasteiger partial charge in [-0.1, -0.05) is 36.4 Å². The first-order chi connectivity index (χ1) is 14.6. The van der Waals surface area contributed by atoms with Crippen LogP contribution in [0.1, 0.15) is 29.6 Å². The van der Waals surface area contributed by atoms with Crippen molar-refractivity contribution >= 4 is 34.5 Å². The summed E-state index contributed by atoms with van der Waals surface area (Å²) >= 11 is 1.28. The number of carbonyl (C=O) groups is 2. The number of methoxy groups -OCH3 is 1. The van der Waals surface area contributed by atoms with Gasteiger partial charge in [-0.2, -0.15) is 0 Å². The predicted molar refractivity (Wildman–Crippen MR) is 115 cm³/mol. The van der Waals surface area contributed by atoms with Crippen LogP contribution < -0.4 is 10.9 Å². The average Bonchev–Trinajstić information content (AvgIpc) is 2.97. The highest BCUT2D eigenvalue weighted by atomic mass is 32.2.